The van der Waals surface area contributed by atoms with Gasteiger partial charge in [-0.1, -0.05) is 26.0 Å². The largest absolute Gasteiger partial charge is 0.507 e. The predicted molar refractivity (Wildman–Crippen MR) is 93.7 cm³/mol. The smallest absolute Gasteiger partial charge is 0.246 e. The van der Waals surface area contributed by atoms with E-state index in [2.05, 4.69) is 24.4 Å². The first-order valence-corrected chi connectivity index (χ1v) is 8.93. The minimum Gasteiger partial charge on any atom is -0.507 e. The van der Waals surface area contributed by atoms with E-state index in [4.69, 9.17) is 0 Å². The summed E-state index contributed by atoms with van der Waals surface area (Å²) in [6.07, 6.45) is 8.32. The molecule has 0 radical (unpaired) electrons. The van der Waals surface area contributed by atoms with Gasteiger partial charge in [-0.3, -0.25) is 4.79 Å². The van der Waals surface area contributed by atoms with Gasteiger partial charge in [0.25, 0.3) is 0 Å². The number of hydrogen-bond donors (Lipinski definition) is 2. The Morgan fingerprint density at radius 3 is 2.46 bits per heavy atom. The van der Waals surface area contributed by atoms with Gasteiger partial charge in [0.1, 0.15) is 5.75 Å². The van der Waals surface area contributed by atoms with Crippen molar-refractivity contribution in [3.05, 3.63) is 29.8 Å². The molecule has 4 aliphatic carbocycles. The van der Waals surface area contributed by atoms with Crippen molar-refractivity contribution in [2.75, 3.05) is 0 Å². The standard InChI is InChI=1S/C20H26N2O2/c1-18-7-14-8-19(2,11-18)13-20(9-14,12-18)17(24)22-21-10-15-5-3-4-6-16(15)23/h3-6,10,14,23H,7-9,11-13H2,1-2H3,(H,22,24)/b21-10+. The Bertz CT molecular complexity index is 693. The van der Waals surface area contributed by atoms with Crippen molar-refractivity contribution >= 4 is 12.1 Å². The highest BCUT2D eigenvalue weighted by molar-refractivity contribution is 5.87. The van der Waals surface area contributed by atoms with Crippen LogP contribution >= 0.6 is 0 Å². The summed E-state index contributed by atoms with van der Waals surface area (Å²) in [5.41, 5.74) is 3.76. The number of carbonyl (C=O) groups excluding carboxylic acids is 1. The molecule has 24 heavy (non-hydrogen) atoms. The third kappa shape index (κ3) is 2.52. The molecule has 0 heterocycles. The quantitative estimate of drug-likeness (QED) is 0.655. The molecule has 1 amide bonds. The molecule has 0 aromatic heterocycles. The lowest BCUT2D eigenvalue weighted by molar-refractivity contribution is -0.170. The zero-order chi connectivity index (χ0) is 17.0. The molecule has 2 N–H and O–H groups in total. The second-order valence-corrected chi connectivity index (χ2v) is 9.17. The number of benzene rings is 1. The molecule has 4 bridgehead atoms. The Hall–Kier alpha value is -1.84. The van der Waals surface area contributed by atoms with Crippen molar-refractivity contribution in [2.24, 2.45) is 27.3 Å². The summed E-state index contributed by atoms with van der Waals surface area (Å²) in [6, 6.07) is 6.99. The first-order chi connectivity index (χ1) is 11.3. The molecule has 4 saturated carbocycles. The Morgan fingerprint density at radius 1 is 1.17 bits per heavy atom. The third-order valence-electron chi connectivity index (χ3n) is 6.41. The van der Waals surface area contributed by atoms with Crippen LogP contribution in [0.3, 0.4) is 0 Å². The second kappa shape index (κ2) is 5.08. The van der Waals surface area contributed by atoms with E-state index >= 15 is 0 Å². The van der Waals surface area contributed by atoms with Crippen LogP contribution < -0.4 is 5.43 Å². The Labute approximate surface area is 143 Å². The molecule has 1 aromatic rings. The van der Waals surface area contributed by atoms with Crippen LogP contribution in [0.4, 0.5) is 0 Å². The monoisotopic (exact) mass is 326 g/mol. The number of hydrogen-bond acceptors (Lipinski definition) is 3. The molecular weight excluding hydrogens is 300 g/mol. The van der Waals surface area contributed by atoms with Gasteiger partial charge in [0, 0.05) is 5.56 Å². The Morgan fingerprint density at radius 2 is 1.83 bits per heavy atom. The molecule has 128 valence electrons. The van der Waals surface area contributed by atoms with Crippen LogP contribution in [0.1, 0.15) is 57.9 Å². The molecule has 4 nitrogen and oxygen atoms in total. The number of nitrogens with one attached hydrogen (secondary N) is 1. The van der Waals surface area contributed by atoms with Crippen molar-refractivity contribution in [1.82, 2.24) is 5.43 Å². The van der Waals surface area contributed by atoms with E-state index in [0.717, 1.165) is 19.3 Å². The fourth-order valence-corrected chi connectivity index (χ4v) is 6.58. The van der Waals surface area contributed by atoms with Crippen molar-refractivity contribution in [2.45, 2.75) is 52.4 Å². The first kappa shape index (κ1) is 15.7. The van der Waals surface area contributed by atoms with Gasteiger partial charge in [0.05, 0.1) is 11.6 Å². The maximum atomic E-state index is 13.0. The van der Waals surface area contributed by atoms with E-state index in [1.807, 2.05) is 6.07 Å². The fourth-order valence-electron chi connectivity index (χ4n) is 6.58. The number of hydrazone groups is 1. The van der Waals surface area contributed by atoms with E-state index in [1.165, 1.54) is 25.5 Å². The highest BCUT2D eigenvalue weighted by atomic mass is 16.3. The van der Waals surface area contributed by atoms with Crippen molar-refractivity contribution in [3.63, 3.8) is 0 Å². The van der Waals surface area contributed by atoms with Gasteiger partial charge in [-0.25, -0.2) is 5.43 Å². The lowest BCUT2D eigenvalue weighted by Gasteiger charge is -2.64. The molecule has 0 saturated heterocycles. The molecule has 5 rings (SSSR count). The average molecular weight is 326 g/mol. The van der Waals surface area contributed by atoms with Crippen LogP contribution in [0.15, 0.2) is 29.4 Å². The van der Waals surface area contributed by atoms with Crippen molar-refractivity contribution < 1.29 is 9.90 Å². The van der Waals surface area contributed by atoms with Crippen molar-refractivity contribution in [3.8, 4) is 5.75 Å². The van der Waals surface area contributed by atoms with E-state index in [1.54, 1.807) is 18.2 Å². The van der Waals surface area contributed by atoms with Gasteiger partial charge >= 0.3 is 0 Å². The highest BCUT2D eigenvalue weighted by Gasteiger charge is 2.62. The SMILES string of the molecule is CC12CC3CC(C)(C1)CC(C(=O)N/N=C/c1ccccc1O)(C3)C2. The molecular formula is C20H26N2O2. The molecule has 0 aliphatic heterocycles. The first-order valence-electron chi connectivity index (χ1n) is 8.93. The predicted octanol–water partition coefficient (Wildman–Crippen LogP) is 3.84. The molecule has 0 spiro atoms. The molecule has 1 aromatic carbocycles. The number of carbonyl (C=O) groups is 1. The summed E-state index contributed by atoms with van der Waals surface area (Å²) >= 11 is 0. The van der Waals surface area contributed by atoms with Gasteiger partial charge in [-0.2, -0.15) is 5.10 Å². The van der Waals surface area contributed by atoms with Crippen molar-refractivity contribution in [1.29, 1.82) is 0 Å². The van der Waals surface area contributed by atoms with Gasteiger partial charge in [-0.05, 0) is 67.4 Å². The minimum absolute atomic E-state index is 0.0655. The highest BCUT2D eigenvalue weighted by Crippen LogP contribution is 2.69. The summed E-state index contributed by atoms with van der Waals surface area (Å²) in [4.78, 5) is 13.0. The maximum Gasteiger partial charge on any atom is 0.246 e. The van der Waals surface area contributed by atoms with Gasteiger partial charge in [0.15, 0.2) is 0 Å². The Kier molecular flexibility index (Phi) is 3.32. The zero-order valence-electron chi connectivity index (χ0n) is 14.5. The Balaban J connectivity index is 1.51. The summed E-state index contributed by atoms with van der Waals surface area (Å²) in [7, 11) is 0. The van der Waals surface area contributed by atoms with E-state index < -0.39 is 0 Å². The summed E-state index contributed by atoms with van der Waals surface area (Å²) in [6.45, 7) is 4.73. The van der Waals surface area contributed by atoms with Crippen LogP contribution in [0, 0.1) is 22.2 Å². The lowest BCUT2D eigenvalue weighted by Crippen LogP contribution is -2.59. The molecule has 4 heteroatoms. The molecule has 4 fully saturated rings. The minimum atomic E-state index is -0.251. The van der Waals surface area contributed by atoms with Crippen LogP contribution in [0.25, 0.3) is 0 Å². The number of phenols is 1. The number of para-hydroxylation sites is 1. The average Bonchev–Trinajstić information content (AvgIpc) is 2.45. The normalized spacial score (nSPS) is 40.2. The summed E-state index contributed by atoms with van der Waals surface area (Å²) in [5, 5.41) is 13.9. The van der Waals surface area contributed by atoms with Gasteiger partial charge < -0.3 is 5.11 Å². The number of phenolic OH excluding ortho intramolecular Hbond substituents is 1. The lowest BCUT2D eigenvalue weighted by atomic mass is 9.40. The van der Waals surface area contributed by atoms with Crippen LogP contribution in [-0.2, 0) is 4.79 Å². The van der Waals surface area contributed by atoms with E-state index in [-0.39, 0.29) is 17.1 Å². The van der Waals surface area contributed by atoms with Crippen LogP contribution in [0.2, 0.25) is 0 Å². The number of aromatic hydroxyl groups is 1. The second-order valence-electron chi connectivity index (χ2n) is 9.17. The van der Waals surface area contributed by atoms with Gasteiger partial charge in [-0.15, -0.1) is 0 Å². The van der Waals surface area contributed by atoms with Crippen LogP contribution in [0.5, 0.6) is 5.75 Å². The fraction of sp³-hybridized carbons (Fsp3) is 0.600. The number of amides is 1. The van der Waals surface area contributed by atoms with E-state index in [9.17, 15) is 9.90 Å². The maximum absolute atomic E-state index is 13.0. The van der Waals surface area contributed by atoms with Crippen LogP contribution in [-0.4, -0.2) is 17.2 Å². The summed E-state index contributed by atoms with van der Waals surface area (Å²) in [5.74, 6) is 0.921. The molecule has 4 aliphatic rings. The third-order valence-corrected chi connectivity index (χ3v) is 6.41. The topological polar surface area (TPSA) is 61.7 Å². The van der Waals surface area contributed by atoms with E-state index in [0.29, 0.717) is 22.3 Å². The van der Waals surface area contributed by atoms with Gasteiger partial charge in [0.2, 0.25) is 5.91 Å². The zero-order valence-corrected chi connectivity index (χ0v) is 14.5. The number of nitrogens with zero attached hydrogens (tertiary/aromatic N) is 1. The molecule has 2 unspecified atom stereocenters. The number of rotatable bonds is 3. The summed E-state index contributed by atoms with van der Waals surface area (Å²) < 4.78 is 0. The molecule has 2 atom stereocenters.